The van der Waals surface area contributed by atoms with Crippen LogP contribution in [-0.2, 0) is 6.18 Å². The average molecular weight is 389 g/mol. The topological polar surface area (TPSA) is 30.7 Å². The summed E-state index contributed by atoms with van der Waals surface area (Å²) in [4.78, 5) is 8.81. The predicted molar refractivity (Wildman–Crippen MR) is 107 cm³/mol. The van der Waals surface area contributed by atoms with Gasteiger partial charge in [0, 0.05) is 11.1 Å². The van der Waals surface area contributed by atoms with Gasteiger partial charge in [0.25, 0.3) is 0 Å². The van der Waals surface area contributed by atoms with Gasteiger partial charge in [0.2, 0.25) is 0 Å². The first-order valence-electron chi connectivity index (χ1n) is 8.99. The molecule has 0 radical (unpaired) electrons. The van der Waals surface area contributed by atoms with Crippen LogP contribution < -0.4 is 0 Å². The van der Waals surface area contributed by atoms with Crippen LogP contribution in [0.1, 0.15) is 5.56 Å². The van der Waals surface area contributed by atoms with Gasteiger partial charge >= 0.3 is 6.18 Å². The summed E-state index contributed by atoms with van der Waals surface area (Å²) in [6.45, 7) is 0. The van der Waals surface area contributed by atoms with E-state index in [0.29, 0.717) is 11.2 Å². The minimum atomic E-state index is -4.41. The fraction of sp³-hybridized carbons (Fsp3) is 0.0435. The number of hydrogen-bond donors (Lipinski definition) is 0. The second-order valence-corrected chi connectivity index (χ2v) is 6.75. The van der Waals surface area contributed by atoms with Gasteiger partial charge in [0.05, 0.1) is 22.8 Å². The molecule has 0 N–H and O–H groups in total. The van der Waals surface area contributed by atoms with Gasteiger partial charge in [-0.2, -0.15) is 13.2 Å². The lowest BCUT2D eigenvalue weighted by atomic mass is 10.0. The standard InChI is InChI=1S/C23H14F3N3/c24-23(25,26)17-7-4-8-18(12-17)29-14-28-21-13-27-20-10-9-16(11-19(20)22(21)29)15-5-2-1-3-6-15/h1-14H. The van der Waals surface area contributed by atoms with Gasteiger partial charge < -0.3 is 0 Å². The van der Waals surface area contributed by atoms with Crippen molar-refractivity contribution in [1.82, 2.24) is 14.5 Å². The van der Waals surface area contributed by atoms with Crippen molar-refractivity contribution < 1.29 is 13.2 Å². The van der Waals surface area contributed by atoms with Crippen molar-refractivity contribution in [2.24, 2.45) is 0 Å². The molecule has 0 bridgehead atoms. The highest BCUT2D eigenvalue weighted by molar-refractivity contribution is 6.04. The molecule has 0 aliphatic carbocycles. The molecular weight excluding hydrogens is 375 g/mol. The largest absolute Gasteiger partial charge is 0.416 e. The highest BCUT2D eigenvalue weighted by Gasteiger charge is 2.30. The first-order valence-corrected chi connectivity index (χ1v) is 8.99. The first-order chi connectivity index (χ1) is 14.0. The SMILES string of the molecule is FC(F)(F)c1cccc(-n2cnc3cnc4ccc(-c5ccccc5)cc4c32)c1. The van der Waals surface area contributed by atoms with Crippen LogP contribution in [0.15, 0.2) is 85.3 Å². The number of benzene rings is 3. The van der Waals surface area contributed by atoms with Crippen LogP contribution in [0.3, 0.4) is 0 Å². The predicted octanol–water partition coefficient (Wildman–Crippen LogP) is 6.26. The summed E-state index contributed by atoms with van der Waals surface area (Å²) >= 11 is 0. The third-order valence-electron chi connectivity index (χ3n) is 4.93. The number of halogens is 3. The number of aromatic nitrogens is 3. The van der Waals surface area contributed by atoms with E-state index in [1.807, 2.05) is 48.5 Å². The van der Waals surface area contributed by atoms with Gasteiger partial charge in [0.15, 0.2) is 0 Å². The maximum atomic E-state index is 13.2. The fourth-order valence-electron chi connectivity index (χ4n) is 3.53. The molecule has 0 amide bonds. The van der Waals surface area contributed by atoms with Crippen LogP contribution in [0.25, 0.3) is 38.8 Å². The third-order valence-corrected chi connectivity index (χ3v) is 4.93. The van der Waals surface area contributed by atoms with Gasteiger partial charge in [-0.15, -0.1) is 0 Å². The van der Waals surface area contributed by atoms with Crippen molar-refractivity contribution >= 4 is 21.9 Å². The smallest absolute Gasteiger partial charge is 0.298 e. The van der Waals surface area contributed by atoms with Crippen LogP contribution in [0.2, 0.25) is 0 Å². The number of fused-ring (bicyclic) bond motifs is 3. The molecule has 3 aromatic carbocycles. The van der Waals surface area contributed by atoms with E-state index in [-0.39, 0.29) is 0 Å². The van der Waals surface area contributed by atoms with Crippen molar-refractivity contribution in [3.63, 3.8) is 0 Å². The molecule has 0 spiro atoms. The molecule has 2 aromatic heterocycles. The molecule has 0 saturated carbocycles. The highest BCUT2D eigenvalue weighted by Crippen LogP contribution is 2.33. The van der Waals surface area contributed by atoms with Crippen LogP contribution in [0.4, 0.5) is 13.2 Å². The molecule has 142 valence electrons. The molecule has 0 aliphatic rings. The summed E-state index contributed by atoms with van der Waals surface area (Å²) in [5.41, 5.74) is 3.87. The van der Waals surface area contributed by atoms with Crippen molar-refractivity contribution in [1.29, 1.82) is 0 Å². The molecular formula is C23H14F3N3. The second kappa shape index (κ2) is 6.44. The van der Waals surface area contributed by atoms with E-state index in [2.05, 4.69) is 9.97 Å². The first kappa shape index (κ1) is 17.4. The van der Waals surface area contributed by atoms with Gasteiger partial charge in [0.1, 0.15) is 11.8 Å². The molecule has 29 heavy (non-hydrogen) atoms. The molecule has 3 nitrogen and oxygen atoms in total. The molecule has 2 heterocycles. The normalized spacial score (nSPS) is 12.0. The molecule has 5 rings (SSSR count). The summed E-state index contributed by atoms with van der Waals surface area (Å²) < 4.78 is 41.2. The Morgan fingerprint density at radius 2 is 1.55 bits per heavy atom. The van der Waals surface area contributed by atoms with Crippen LogP contribution in [0, 0.1) is 0 Å². The molecule has 6 heteroatoms. The van der Waals surface area contributed by atoms with Crippen molar-refractivity contribution in [2.45, 2.75) is 6.18 Å². The van der Waals surface area contributed by atoms with Crippen LogP contribution in [0.5, 0.6) is 0 Å². The Morgan fingerprint density at radius 3 is 2.34 bits per heavy atom. The third kappa shape index (κ3) is 3.02. The van der Waals surface area contributed by atoms with Crippen LogP contribution >= 0.6 is 0 Å². The minimum Gasteiger partial charge on any atom is -0.298 e. The Hall–Kier alpha value is -3.67. The molecule has 0 unspecified atom stereocenters. The number of rotatable bonds is 2. The average Bonchev–Trinajstić information content (AvgIpc) is 3.18. The zero-order valence-electron chi connectivity index (χ0n) is 15.1. The van der Waals surface area contributed by atoms with E-state index in [1.165, 1.54) is 12.4 Å². The summed E-state index contributed by atoms with van der Waals surface area (Å²) in [5, 5.41) is 0.832. The maximum Gasteiger partial charge on any atom is 0.416 e. The van der Waals surface area contributed by atoms with Gasteiger partial charge in [-0.25, -0.2) is 4.98 Å². The summed E-state index contributed by atoms with van der Waals surface area (Å²) in [6, 6.07) is 21.1. The van der Waals surface area contributed by atoms with E-state index < -0.39 is 11.7 Å². The van der Waals surface area contributed by atoms with Crippen molar-refractivity contribution in [2.75, 3.05) is 0 Å². The maximum absolute atomic E-state index is 13.2. The number of hydrogen-bond acceptors (Lipinski definition) is 2. The van der Waals surface area contributed by atoms with E-state index in [1.54, 1.807) is 16.8 Å². The van der Waals surface area contributed by atoms with Gasteiger partial charge in [-0.05, 0) is 41.5 Å². The zero-order chi connectivity index (χ0) is 20.0. The minimum absolute atomic E-state index is 0.403. The van der Waals surface area contributed by atoms with E-state index >= 15 is 0 Å². The fourth-order valence-corrected chi connectivity index (χ4v) is 3.53. The summed E-state index contributed by atoms with van der Waals surface area (Å²) in [5.74, 6) is 0. The van der Waals surface area contributed by atoms with Gasteiger partial charge in [-0.3, -0.25) is 9.55 Å². The molecule has 0 aliphatic heterocycles. The Bertz CT molecular complexity index is 1340. The molecule has 0 fully saturated rings. The quantitative estimate of drug-likeness (QED) is 0.357. The Balaban J connectivity index is 1.77. The van der Waals surface area contributed by atoms with Gasteiger partial charge in [-0.1, -0.05) is 42.5 Å². The monoisotopic (exact) mass is 389 g/mol. The number of imidazole rings is 1. The molecule has 0 atom stereocenters. The van der Waals surface area contributed by atoms with Crippen molar-refractivity contribution in [3.05, 3.63) is 90.9 Å². The molecule has 5 aromatic rings. The van der Waals surface area contributed by atoms with E-state index in [4.69, 9.17) is 0 Å². The summed E-state index contributed by atoms with van der Waals surface area (Å²) in [6.07, 6.45) is -1.23. The summed E-state index contributed by atoms with van der Waals surface area (Å²) in [7, 11) is 0. The van der Waals surface area contributed by atoms with E-state index in [9.17, 15) is 13.2 Å². The lowest BCUT2D eigenvalue weighted by Gasteiger charge is -2.11. The number of pyridine rings is 1. The Labute approximate surface area is 164 Å². The second-order valence-electron chi connectivity index (χ2n) is 6.75. The Morgan fingerprint density at radius 1 is 0.724 bits per heavy atom. The highest BCUT2D eigenvalue weighted by atomic mass is 19.4. The zero-order valence-corrected chi connectivity index (χ0v) is 15.1. The number of alkyl halides is 3. The lowest BCUT2D eigenvalue weighted by Crippen LogP contribution is -2.05. The Kier molecular flexibility index (Phi) is 3.87. The van der Waals surface area contributed by atoms with Crippen LogP contribution in [-0.4, -0.2) is 14.5 Å². The lowest BCUT2D eigenvalue weighted by molar-refractivity contribution is -0.137. The number of nitrogens with zero attached hydrogens (tertiary/aromatic N) is 3. The molecule has 0 saturated heterocycles. The van der Waals surface area contributed by atoms with Crippen molar-refractivity contribution in [3.8, 4) is 16.8 Å². The van der Waals surface area contributed by atoms with E-state index in [0.717, 1.165) is 39.7 Å².